The predicted octanol–water partition coefficient (Wildman–Crippen LogP) is 2.26. The van der Waals surface area contributed by atoms with Crippen LogP contribution in [0.4, 0.5) is 0 Å². The largest absolute Gasteiger partial charge is 0.394 e. The Morgan fingerprint density at radius 1 is 1.35 bits per heavy atom. The highest BCUT2D eigenvalue weighted by atomic mass is 16.5. The van der Waals surface area contributed by atoms with E-state index in [-0.39, 0.29) is 6.61 Å². The van der Waals surface area contributed by atoms with Crippen LogP contribution in [0.5, 0.6) is 0 Å². The molecule has 0 saturated carbocycles. The van der Waals surface area contributed by atoms with Gasteiger partial charge in [-0.15, -0.1) is 0 Å². The zero-order valence-electron chi connectivity index (χ0n) is 12.6. The molecule has 2 rings (SSSR count). The van der Waals surface area contributed by atoms with Crippen LogP contribution in [0.1, 0.15) is 49.8 Å². The van der Waals surface area contributed by atoms with Gasteiger partial charge in [-0.1, -0.05) is 13.3 Å². The first-order valence-electron chi connectivity index (χ1n) is 7.95. The van der Waals surface area contributed by atoms with Crippen molar-refractivity contribution >= 4 is 0 Å². The summed E-state index contributed by atoms with van der Waals surface area (Å²) in [6, 6.07) is 0.520. The molecule has 0 aliphatic heterocycles. The number of hydrogen-bond donors (Lipinski definition) is 2. The van der Waals surface area contributed by atoms with E-state index in [1.165, 1.54) is 43.2 Å². The van der Waals surface area contributed by atoms with Crippen LogP contribution in [-0.4, -0.2) is 36.0 Å². The lowest BCUT2D eigenvalue weighted by molar-refractivity contribution is 0.0870. The summed E-state index contributed by atoms with van der Waals surface area (Å²) in [5.41, 5.74) is 2.98. The Morgan fingerprint density at radius 3 is 3.05 bits per heavy atom. The minimum absolute atomic E-state index is 0.102. The van der Waals surface area contributed by atoms with Crippen LogP contribution in [0.15, 0.2) is 12.4 Å². The van der Waals surface area contributed by atoms with Crippen molar-refractivity contribution in [1.29, 1.82) is 0 Å². The van der Waals surface area contributed by atoms with E-state index < -0.39 is 0 Å². The number of fused-ring (bicyclic) bond motifs is 1. The zero-order chi connectivity index (χ0) is 14.2. The number of aryl methyl sites for hydroxylation is 1. The average molecular weight is 280 g/mol. The van der Waals surface area contributed by atoms with E-state index in [2.05, 4.69) is 29.2 Å². The average Bonchev–Trinajstić information content (AvgIpc) is 2.77. The highest BCUT2D eigenvalue weighted by molar-refractivity contribution is 5.29. The molecule has 4 nitrogen and oxygen atoms in total. The Morgan fingerprint density at radius 2 is 2.25 bits per heavy atom. The van der Waals surface area contributed by atoms with Crippen molar-refractivity contribution in [2.24, 2.45) is 0 Å². The lowest BCUT2D eigenvalue weighted by atomic mass is 10.0. The molecule has 2 N–H and O–H groups in total. The zero-order valence-corrected chi connectivity index (χ0v) is 12.6. The number of nitrogens with zero attached hydrogens (tertiary/aromatic N) is 1. The maximum Gasteiger partial charge on any atom is 0.0698 e. The maximum atomic E-state index is 8.70. The molecule has 114 valence electrons. The predicted molar refractivity (Wildman–Crippen MR) is 80.9 cm³/mol. The molecular weight excluding hydrogens is 252 g/mol. The summed E-state index contributed by atoms with van der Waals surface area (Å²) < 4.78 is 7.59. The highest BCUT2D eigenvalue weighted by Crippen LogP contribution is 2.29. The Hall–Kier alpha value is -0.840. The number of aliphatic hydroxyl groups excluding tert-OH is 1. The molecule has 0 spiro atoms. The molecule has 1 aliphatic carbocycles. The van der Waals surface area contributed by atoms with E-state index in [9.17, 15) is 0 Å². The van der Waals surface area contributed by atoms with E-state index >= 15 is 0 Å². The Kier molecular flexibility index (Phi) is 6.57. The molecule has 0 bridgehead atoms. The lowest BCUT2D eigenvalue weighted by Crippen LogP contribution is -2.21. The van der Waals surface area contributed by atoms with Crippen molar-refractivity contribution in [3.05, 3.63) is 23.5 Å². The van der Waals surface area contributed by atoms with E-state index in [1.54, 1.807) is 0 Å². The summed E-state index contributed by atoms with van der Waals surface area (Å²) in [5, 5.41) is 12.4. The molecule has 0 aromatic carbocycles. The third-order valence-corrected chi connectivity index (χ3v) is 3.93. The first kappa shape index (κ1) is 15.5. The highest BCUT2D eigenvalue weighted by Gasteiger charge is 2.19. The summed E-state index contributed by atoms with van der Waals surface area (Å²) in [7, 11) is 0. The molecule has 1 aliphatic rings. The minimum atomic E-state index is 0.102. The normalized spacial score (nSPS) is 18.8. The molecule has 1 heterocycles. The second-order valence-electron chi connectivity index (χ2n) is 5.57. The molecule has 0 amide bonds. The van der Waals surface area contributed by atoms with Crippen molar-refractivity contribution in [3.8, 4) is 0 Å². The van der Waals surface area contributed by atoms with E-state index in [4.69, 9.17) is 9.84 Å². The number of nitrogens with one attached hydrogen (secondary N) is 1. The summed E-state index contributed by atoms with van der Waals surface area (Å²) in [6.07, 6.45) is 10.8. The van der Waals surface area contributed by atoms with Crippen LogP contribution in [0.3, 0.4) is 0 Å². The Labute approximate surface area is 122 Å². The van der Waals surface area contributed by atoms with Gasteiger partial charge in [-0.25, -0.2) is 0 Å². The van der Waals surface area contributed by atoms with Gasteiger partial charge >= 0.3 is 0 Å². The van der Waals surface area contributed by atoms with Gasteiger partial charge in [-0.2, -0.15) is 0 Å². The monoisotopic (exact) mass is 280 g/mol. The summed E-state index contributed by atoms with van der Waals surface area (Å²) in [5.74, 6) is 0. The van der Waals surface area contributed by atoms with Crippen LogP contribution < -0.4 is 5.32 Å². The first-order chi connectivity index (χ1) is 9.85. The summed E-state index contributed by atoms with van der Waals surface area (Å²) in [4.78, 5) is 0. The van der Waals surface area contributed by atoms with Crippen LogP contribution in [-0.2, 0) is 17.7 Å². The van der Waals surface area contributed by atoms with Crippen LogP contribution >= 0.6 is 0 Å². The van der Waals surface area contributed by atoms with Gasteiger partial charge in [0.1, 0.15) is 0 Å². The standard InChI is InChI=1S/C16H28N2O2/c1-2-7-17-16-6-4-3-5-14-12-18(13-15(14)16)8-10-20-11-9-19/h12-13,16-17,19H,2-11H2,1H3. The van der Waals surface area contributed by atoms with Gasteiger partial charge in [-0.3, -0.25) is 0 Å². The van der Waals surface area contributed by atoms with Gasteiger partial charge in [-0.05, 0) is 43.4 Å². The number of rotatable bonds is 8. The molecule has 1 atom stereocenters. The Balaban J connectivity index is 1.97. The van der Waals surface area contributed by atoms with Crippen molar-refractivity contribution in [3.63, 3.8) is 0 Å². The van der Waals surface area contributed by atoms with Crippen LogP contribution in [0.25, 0.3) is 0 Å². The smallest absolute Gasteiger partial charge is 0.0698 e. The number of hydrogen-bond acceptors (Lipinski definition) is 3. The van der Waals surface area contributed by atoms with Gasteiger partial charge in [0.2, 0.25) is 0 Å². The van der Waals surface area contributed by atoms with Gasteiger partial charge in [0.05, 0.1) is 19.8 Å². The molecule has 4 heteroatoms. The number of aliphatic hydroxyl groups is 1. The second-order valence-corrected chi connectivity index (χ2v) is 5.57. The van der Waals surface area contributed by atoms with Crippen LogP contribution in [0.2, 0.25) is 0 Å². The number of aromatic nitrogens is 1. The van der Waals surface area contributed by atoms with Gasteiger partial charge in [0, 0.05) is 25.0 Å². The SMILES string of the molecule is CCCNC1CCCCc2cn(CCOCCO)cc21. The fourth-order valence-corrected chi connectivity index (χ4v) is 2.91. The third-order valence-electron chi connectivity index (χ3n) is 3.93. The molecule has 1 aromatic rings. The molecule has 0 fully saturated rings. The van der Waals surface area contributed by atoms with Crippen molar-refractivity contribution < 1.29 is 9.84 Å². The first-order valence-corrected chi connectivity index (χ1v) is 7.95. The second kappa shape index (κ2) is 8.45. The molecule has 0 saturated heterocycles. The van der Waals surface area contributed by atoms with E-state index in [1.807, 2.05) is 0 Å². The van der Waals surface area contributed by atoms with Gasteiger partial charge in [0.15, 0.2) is 0 Å². The molecule has 1 aromatic heterocycles. The topological polar surface area (TPSA) is 46.4 Å². The molecular formula is C16H28N2O2. The summed E-state index contributed by atoms with van der Waals surface area (Å²) in [6.45, 7) is 5.38. The molecule has 20 heavy (non-hydrogen) atoms. The summed E-state index contributed by atoms with van der Waals surface area (Å²) >= 11 is 0. The lowest BCUT2D eigenvalue weighted by Gasteiger charge is -2.16. The third kappa shape index (κ3) is 4.33. The van der Waals surface area contributed by atoms with Crippen molar-refractivity contribution in [1.82, 2.24) is 9.88 Å². The quantitative estimate of drug-likeness (QED) is 0.567. The van der Waals surface area contributed by atoms with Crippen LogP contribution in [0, 0.1) is 0 Å². The van der Waals surface area contributed by atoms with Crippen molar-refractivity contribution in [2.75, 3.05) is 26.4 Å². The number of ether oxygens (including phenoxy) is 1. The van der Waals surface area contributed by atoms with Gasteiger partial charge in [0.25, 0.3) is 0 Å². The maximum absolute atomic E-state index is 8.70. The fraction of sp³-hybridized carbons (Fsp3) is 0.750. The minimum Gasteiger partial charge on any atom is -0.394 e. The van der Waals surface area contributed by atoms with Gasteiger partial charge < -0.3 is 19.7 Å². The molecule has 1 unspecified atom stereocenters. The van der Waals surface area contributed by atoms with Crippen molar-refractivity contribution in [2.45, 2.75) is 51.6 Å². The molecule has 0 radical (unpaired) electrons. The van der Waals surface area contributed by atoms with E-state index in [0.29, 0.717) is 19.3 Å². The van der Waals surface area contributed by atoms with E-state index in [0.717, 1.165) is 13.1 Å². The fourth-order valence-electron chi connectivity index (χ4n) is 2.91. The Bertz CT molecular complexity index is 390.